The third-order valence-corrected chi connectivity index (χ3v) is 6.54. The molecule has 0 bridgehead atoms. The largest absolute Gasteiger partial charge is 0.251 e. The molecule has 0 aliphatic rings. The minimum Gasteiger partial charge on any atom is -0.207 e. The minimum absolute atomic E-state index is 0.0148. The number of sulfonamides is 1. The van der Waals surface area contributed by atoms with Crippen LogP contribution in [0.1, 0.15) is 27.2 Å². The van der Waals surface area contributed by atoms with Crippen molar-refractivity contribution in [2.75, 3.05) is 0 Å². The van der Waals surface area contributed by atoms with Crippen LogP contribution in [0, 0.1) is 5.92 Å². The first-order valence-electron chi connectivity index (χ1n) is 5.13. The minimum atomic E-state index is -3.38. The topological polar surface area (TPSA) is 46.2 Å². The molecule has 0 radical (unpaired) electrons. The Morgan fingerprint density at radius 1 is 1.50 bits per heavy atom. The summed E-state index contributed by atoms with van der Waals surface area (Å²) >= 11 is 4.47. The summed E-state index contributed by atoms with van der Waals surface area (Å²) in [7, 11) is -3.38. The number of hydrogen-bond acceptors (Lipinski definition) is 3. The molecule has 3 nitrogen and oxygen atoms in total. The highest BCUT2D eigenvalue weighted by molar-refractivity contribution is 9.10. The van der Waals surface area contributed by atoms with E-state index in [1.165, 1.54) is 11.3 Å². The molecule has 0 aliphatic carbocycles. The monoisotopic (exact) mass is 325 g/mol. The number of halogens is 1. The lowest BCUT2D eigenvalue weighted by atomic mass is 10.0. The van der Waals surface area contributed by atoms with Crippen LogP contribution >= 0.6 is 27.3 Å². The van der Waals surface area contributed by atoms with Gasteiger partial charge >= 0.3 is 0 Å². The van der Waals surface area contributed by atoms with Crippen molar-refractivity contribution >= 4 is 37.3 Å². The number of hydrogen-bond donors (Lipinski definition) is 1. The lowest BCUT2D eigenvalue weighted by Crippen LogP contribution is -2.37. The molecule has 1 aromatic rings. The maximum atomic E-state index is 12.1. The summed E-state index contributed by atoms with van der Waals surface area (Å²) in [5.41, 5.74) is 0. The van der Waals surface area contributed by atoms with Crippen LogP contribution in [0.5, 0.6) is 0 Å². The summed E-state index contributed by atoms with van der Waals surface area (Å²) < 4.78 is 27.8. The summed E-state index contributed by atoms with van der Waals surface area (Å²) in [4.78, 5) is 0. The zero-order chi connectivity index (χ0) is 12.3. The Morgan fingerprint density at radius 2 is 2.12 bits per heavy atom. The van der Waals surface area contributed by atoms with Gasteiger partial charge in [0.05, 0.1) is 0 Å². The fourth-order valence-corrected chi connectivity index (χ4v) is 5.24. The van der Waals surface area contributed by atoms with Crippen molar-refractivity contribution in [1.82, 2.24) is 4.72 Å². The molecule has 0 aromatic carbocycles. The Hall–Kier alpha value is 0.0900. The van der Waals surface area contributed by atoms with Gasteiger partial charge in [0, 0.05) is 10.5 Å². The van der Waals surface area contributed by atoms with Crippen LogP contribution in [0.25, 0.3) is 0 Å². The van der Waals surface area contributed by atoms with E-state index in [1.807, 2.05) is 20.8 Å². The molecule has 0 amide bonds. The van der Waals surface area contributed by atoms with Crippen LogP contribution in [0.2, 0.25) is 0 Å². The molecule has 1 rings (SSSR count). The van der Waals surface area contributed by atoms with E-state index in [-0.39, 0.29) is 6.04 Å². The molecule has 1 heterocycles. The average Bonchev–Trinajstić information content (AvgIpc) is 2.61. The van der Waals surface area contributed by atoms with Crippen LogP contribution in [0.3, 0.4) is 0 Å². The van der Waals surface area contributed by atoms with Crippen LogP contribution in [0.4, 0.5) is 0 Å². The van der Waals surface area contributed by atoms with Crippen molar-refractivity contribution in [3.63, 3.8) is 0 Å². The normalized spacial score (nSPS) is 14.3. The lowest BCUT2D eigenvalue weighted by molar-refractivity contribution is 0.437. The van der Waals surface area contributed by atoms with Crippen molar-refractivity contribution in [3.8, 4) is 0 Å². The SMILES string of the molecule is CCC(NS(=O)(=O)c1sccc1Br)C(C)C. The third kappa shape index (κ3) is 3.29. The van der Waals surface area contributed by atoms with Crippen molar-refractivity contribution in [1.29, 1.82) is 0 Å². The van der Waals surface area contributed by atoms with Crippen LogP contribution in [-0.2, 0) is 10.0 Å². The first-order valence-corrected chi connectivity index (χ1v) is 8.29. The van der Waals surface area contributed by atoms with E-state index < -0.39 is 10.0 Å². The molecule has 0 saturated heterocycles. The summed E-state index contributed by atoms with van der Waals surface area (Å²) in [6.45, 7) is 6.01. The van der Waals surface area contributed by atoms with Gasteiger partial charge in [0.15, 0.2) is 0 Å². The van der Waals surface area contributed by atoms with Gasteiger partial charge in [-0.25, -0.2) is 13.1 Å². The van der Waals surface area contributed by atoms with E-state index >= 15 is 0 Å². The molecular weight excluding hydrogens is 310 g/mol. The van der Waals surface area contributed by atoms with Gasteiger partial charge < -0.3 is 0 Å². The van der Waals surface area contributed by atoms with E-state index in [2.05, 4.69) is 20.7 Å². The second-order valence-electron chi connectivity index (χ2n) is 3.94. The van der Waals surface area contributed by atoms with Crippen molar-refractivity contribution in [2.24, 2.45) is 5.92 Å². The fraction of sp³-hybridized carbons (Fsp3) is 0.600. The summed E-state index contributed by atoms with van der Waals surface area (Å²) in [5.74, 6) is 0.290. The van der Waals surface area contributed by atoms with Crippen LogP contribution in [0.15, 0.2) is 20.1 Å². The first kappa shape index (κ1) is 14.2. The van der Waals surface area contributed by atoms with Crippen molar-refractivity contribution < 1.29 is 8.42 Å². The van der Waals surface area contributed by atoms with Crippen LogP contribution < -0.4 is 4.72 Å². The van der Waals surface area contributed by atoms with Gasteiger partial charge in [0.2, 0.25) is 0 Å². The van der Waals surface area contributed by atoms with Crippen LogP contribution in [-0.4, -0.2) is 14.5 Å². The highest BCUT2D eigenvalue weighted by Crippen LogP contribution is 2.28. The molecule has 1 aromatic heterocycles. The van der Waals surface area contributed by atoms with E-state index in [4.69, 9.17) is 0 Å². The van der Waals surface area contributed by atoms with Gasteiger partial charge in [-0.3, -0.25) is 0 Å². The molecule has 0 saturated carbocycles. The maximum Gasteiger partial charge on any atom is 0.251 e. The predicted molar refractivity (Wildman–Crippen MR) is 71.3 cm³/mol. The van der Waals surface area contributed by atoms with E-state index in [0.29, 0.717) is 14.6 Å². The predicted octanol–water partition coefficient (Wildman–Crippen LogP) is 3.22. The lowest BCUT2D eigenvalue weighted by Gasteiger charge is -2.20. The molecule has 0 fully saturated rings. The summed E-state index contributed by atoms with van der Waals surface area (Å²) in [6.07, 6.45) is 0.792. The van der Waals surface area contributed by atoms with E-state index in [0.717, 1.165) is 6.42 Å². The number of nitrogens with one attached hydrogen (secondary N) is 1. The molecule has 0 spiro atoms. The van der Waals surface area contributed by atoms with Gasteiger partial charge in [-0.2, -0.15) is 0 Å². The summed E-state index contributed by atoms with van der Waals surface area (Å²) in [6, 6.07) is 1.73. The van der Waals surface area contributed by atoms with Gasteiger partial charge in [-0.05, 0) is 39.7 Å². The first-order chi connectivity index (χ1) is 7.38. The second-order valence-corrected chi connectivity index (χ2v) is 7.62. The molecule has 16 heavy (non-hydrogen) atoms. The highest BCUT2D eigenvalue weighted by atomic mass is 79.9. The molecule has 92 valence electrons. The molecule has 0 aliphatic heterocycles. The van der Waals surface area contributed by atoms with Crippen molar-refractivity contribution in [3.05, 3.63) is 15.9 Å². The Kier molecular flexibility index (Phi) is 4.97. The summed E-state index contributed by atoms with van der Waals surface area (Å²) in [5, 5.41) is 1.76. The average molecular weight is 326 g/mol. The third-order valence-electron chi connectivity index (χ3n) is 2.38. The number of thiophene rings is 1. The molecular formula is C10H16BrNO2S2. The molecule has 1 N–H and O–H groups in total. The van der Waals surface area contributed by atoms with Gasteiger partial charge in [0.25, 0.3) is 10.0 Å². The van der Waals surface area contributed by atoms with Crippen molar-refractivity contribution in [2.45, 2.75) is 37.4 Å². The maximum absolute atomic E-state index is 12.1. The Bertz CT molecular complexity index is 439. The standard InChI is InChI=1S/C10H16BrNO2S2/c1-4-9(7(2)3)12-16(13,14)10-8(11)5-6-15-10/h5-7,9,12H,4H2,1-3H3. The zero-order valence-electron chi connectivity index (χ0n) is 9.53. The quantitative estimate of drug-likeness (QED) is 0.903. The van der Waals surface area contributed by atoms with Gasteiger partial charge in [0.1, 0.15) is 4.21 Å². The Balaban J connectivity index is 2.92. The zero-order valence-corrected chi connectivity index (χ0v) is 12.7. The van der Waals surface area contributed by atoms with Gasteiger partial charge in [-0.1, -0.05) is 20.8 Å². The Labute approximate surface area is 109 Å². The molecule has 6 heteroatoms. The van der Waals surface area contributed by atoms with E-state index in [1.54, 1.807) is 11.4 Å². The second kappa shape index (κ2) is 5.62. The van der Waals surface area contributed by atoms with Gasteiger partial charge in [-0.15, -0.1) is 11.3 Å². The smallest absolute Gasteiger partial charge is 0.207 e. The fourth-order valence-electron chi connectivity index (χ4n) is 1.42. The highest BCUT2D eigenvalue weighted by Gasteiger charge is 2.24. The Morgan fingerprint density at radius 3 is 2.50 bits per heavy atom. The van der Waals surface area contributed by atoms with E-state index in [9.17, 15) is 8.42 Å². The molecule has 1 atom stereocenters. The molecule has 1 unspecified atom stereocenters. The number of rotatable bonds is 5.